The van der Waals surface area contributed by atoms with Gasteiger partial charge in [0.15, 0.2) is 0 Å². The highest BCUT2D eigenvalue weighted by molar-refractivity contribution is 5.92. The van der Waals surface area contributed by atoms with Gasteiger partial charge in [0, 0.05) is 11.4 Å². The molecule has 1 atom stereocenters. The van der Waals surface area contributed by atoms with Gasteiger partial charge in [-0.1, -0.05) is 152 Å². The van der Waals surface area contributed by atoms with Crippen LogP contribution in [0.5, 0.6) is 0 Å². The van der Waals surface area contributed by atoms with Gasteiger partial charge in [-0.25, -0.2) is 0 Å². The van der Waals surface area contributed by atoms with E-state index in [0.29, 0.717) is 0 Å². The standard InChI is InChI=1S/C43H33N/c1-2-18-35(19-3-1)43(40-23-11-8-20-37(40)38-21-9-12-24-41(38)43)39-22-10-6-15-32(39)26-27-33-16-7-13-25-42(33)44-36-29-28-31-14-4-5-17-34(31)30-36/h1-11,13-23,25-30,44H,12,24H2. The van der Waals surface area contributed by atoms with Gasteiger partial charge in [0.2, 0.25) is 0 Å². The van der Waals surface area contributed by atoms with Crippen molar-refractivity contribution in [2.24, 2.45) is 0 Å². The van der Waals surface area contributed by atoms with E-state index in [1.165, 1.54) is 49.7 Å². The minimum absolute atomic E-state index is 0.345. The van der Waals surface area contributed by atoms with Gasteiger partial charge >= 0.3 is 0 Å². The SMILES string of the molecule is C1=CC2=C(CC1)C(c1ccccc1)(c1ccccc1C=Cc1ccccc1Nc1ccc3ccccc3c1)c1ccccc12. The number of para-hydroxylation sites is 1. The zero-order chi connectivity index (χ0) is 29.3. The second-order valence-corrected chi connectivity index (χ2v) is 11.7. The Kier molecular flexibility index (Phi) is 6.57. The number of hydrogen-bond donors (Lipinski definition) is 1. The third kappa shape index (κ3) is 4.32. The molecule has 0 aliphatic heterocycles. The molecule has 1 nitrogen and oxygen atoms in total. The van der Waals surface area contributed by atoms with Crippen molar-refractivity contribution in [1.29, 1.82) is 0 Å². The summed E-state index contributed by atoms with van der Waals surface area (Å²) in [6, 6.07) is 52.7. The third-order valence-corrected chi connectivity index (χ3v) is 9.25. The van der Waals surface area contributed by atoms with Crippen LogP contribution in [-0.2, 0) is 5.41 Å². The maximum Gasteiger partial charge on any atom is 0.0682 e. The molecule has 0 heterocycles. The van der Waals surface area contributed by atoms with Gasteiger partial charge < -0.3 is 5.32 Å². The number of rotatable bonds is 6. The van der Waals surface area contributed by atoms with E-state index in [1.807, 2.05) is 0 Å². The maximum atomic E-state index is 3.69. The van der Waals surface area contributed by atoms with Crippen LogP contribution < -0.4 is 5.32 Å². The lowest BCUT2D eigenvalue weighted by Crippen LogP contribution is -2.31. The fraction of sp³-hybridized carbons (Fsp3) is 0.0698. The molecule has 0 saturated carbocycles. The zero-order valence-corrected chi connectivity index (χ0v) is 24.6. The molecule has 1 heteroatoms. The van der Waals surface area contributed by atoms with Crippen LogP contribution in [0.4, 0.5) is 11.4 Å². The number of hydrogen-bond acceptors (Lipinski definition) is 1. The topological polar surface area (TPSA) is 12.0 Å². The van der Waals surface area contributed by atoms with E-state index in [-0.39, 0.29) is 5.41 Å². The van der Waals surface area contributed by atoms with Crippen molar-refractivity contribution in [3.8, 4) is 0 Å². The van der Waals surface area contributed by atoms with Crippen LogP contribution in [0.15, 0.2) is 163 Å². The largest absolute Gasteiger partial charge is 0.355 e. The van der Waals surface area contributed by atoms with E-state index in [9.17, 15) is 0 Å². The summed E-state index contributed by atoms with van der Waals surface area (Å²) < 4.78 is 0. The summed E-state index contributed by atoms with van der Waals surface area (Å²) in [5, 5.41) is 6.16. The predicted molar refractivity (Wildman–Crippen MR) is 187 cm³/mol. The molecule has 6 aromatic carbocycles. The van der Waals surface area contributed by atoms with Gasteiger partial charge in [-0.15, -0.1) is 0 Å². The van der Waals surface area contributed by atoms with Crippen molar-refractivity contribution in [3.05, 3.63) is 197 Å². The number of nitrogens with one attached hydrogen (secondary N) is 1. The lowest BCUT2D eigenvalue weighted by molar-refractivity contribution is 0.695. The Morgan fingerprint density at radius 1 is 0.568 bits per heavy atom. The molecular formula is C43H33N. The van der Waals surface area contributed by atoms with Crippen molar-refractivity contribution >= 4 is 39.9 Å². The van der Waals surface area contributed by atoms with Gasteiger partial charge in [0.05, 0.1) is 5.41 Å². The number of anilines is 2. The molecule has 0 fully saturated rings. The molecule has 1 unspecified atom stereocenters. The number of fused-ring (bicyclic) bond motifs is 3. The van der Waals surface area contributed by atoms with E-state index < -0.39 is 0 Å². The third-order valence-electron chi connectivity index (χ3n) is 9.25. The first-order chi connectivity index (χ1) is 21.8. The minimum Gasteiger partial charge on any atom is -0.355 e. The van der Waals surface area contributed by atoms with Gasteiger partial charge in [0.1, 0.15) is 0 Å². The van der Waals surface area contributed by atoms with E-state index in [0.717, 1.165) is 29.8 Å². The summed E-state index contributed by atoms with van der Waals surface area (Å²) in [4.78, 5) is 0. The lowest BCUT2D eigenvalue weighted by atomic mass is 9.64. The van der Waals surface area contributed by atoms with Crippen LogP contribution in [0.1, 0.15) is 46.2 Å². The van der Waals surface area contributed by atoms with E-state index >= 15 is 0 Å². The molecule has 2 aliphatic carbocycles. The van der Waals surface area contributed by atoms with Gasteiger partial charge in [-0.2, -0.15) is 0 Å². The Morgan fingerprint density at radius 2 is 1.25 bits per heavy atom. The van der Waals surface area contributed by atoms with Crippen molar-refractivity contribution in [1.82, 2.24) is 0 Å². The fourth-order valence-electron chi connectivity index (χ4n) is 7.34. The zero-order valence-electron chi connectivity index (χ0n) is 24.6. The van der Waals surface area contributed by atoms with Crippen molar-refractivity contribution in [2.45, 2.75) is 18.3 Å². The quantitative estimate of drug-likeness (QED) is 0.199. The Morgan fingerprint density at radius 3 is 2.14 bits per heavy atom. The smallest absolute Gasteiger partial charge is 0.0682 e. The second-order valence-electron chi connectivity index (χ2n) is 11.7. The van der Waals surface area contributed by atoms with E-state index in [2.05, 4.69) is 175 Å². The molecule has 0 amide bonds. The maximum absolute atomic E-state index is 3.69. The number of allylic oxidation sites excluding steroid dienone is 4. The summed E-state index contributed by atoms with van der Waals surface area (Å²) in [6.07, 6.45) is 11.4. The van der Waals surface area contributed by atoms with E-state index in [4.69, 9.17) is 0 Å². The molecule has 210 valence electrons. The van der Waals surface area contributed by atoms with Crippen molar-refractivity contribution in [3.63, 3.8) is 0 Å². The van der Waals surface area contributed by atoms with Gasteiger partial charge in [-0.05, 0) is 86.3 Å². The molecule has 0 saturated heterocycles. The van der Waals surface area contributed by atoms with Crippen LogP contribution >= 0.6 is 0 Å². The highest BCUT2D eigenvalue weighted by Gasteiger charge is 2.47. The van der Waals surface area contributed by atoms with Crippen LogP contribution in [0.3, 0.4) is 0 Å². The molecule has 0 bridgehead atoms. The first-order valence-electron chi connectivity index (χ1n) is 15.5. The highest BCUT2D eigenvalue weighted by atomic mass is 14.9. The van der Waals surface area contributed by atoms with Crippen molar-refractivity contribution in [2.75, 3.05) is 5.32 Å². The molecule has 0 radical (unpaired) electrons. The molecular weight excluding hydrogens is 530 g/mol. The normalized spacial score (nSPS) is 17.2. The summed E-state index contributed by atoms with van der Waals surface area (Å²) in [7, 11) is 0. The second kappa shape index (κ2) is 11.0. The van der Waals surface area contributed by atoms with Crippen LogP contribution in [-0.4, -0.2) is 0 Å². The molecule has 1 N–H and O–H groups in total. The Bertz CT molecular complexity index is 2100. The van der Waals surface area contributed by atoms with Crippen molar-refractivity contribution < 1.29 is 0 Å². The van der Waals surface area contributed by atoms with Gasteiger partial charge in [0.25, 0.3) is 0 Å². The highest BCUT2D eigenvalue weighted by Crippen LogP contribution is 2.57. The lowest BCUT2D eigenvalue weighted by Gasteiger charge is -2.37. The average Bonchev–Trinajstić information content (AvgIpc) is 3.39. The Hall–Kier alpha value is -5.40. The number of benzene rings is 6. The minimum atomic E-state index is -0.345. The first kappa shape index (κ1) is 26.2. The van der Waals surface area contributed by atoms with Crippen LogP contribution in [0, 0.1) is 0 Å². The average molecular weight is 564 g/mol. The molecule has 2 aliphatic rings. The van der Waals surface area contributed by atoms with Crippen LogP contribution in [0.25, 0.3) is 28.5 Å². The fourth-order valence-corrected chi connectivity index (χ4v) is 7.34. The monoisotopic (exact) mass is 563 g/mol. The summed E-state index contributed by atoms with van der Waals surface area (Å²) in [5.41, 5.74) is 12.5. The summed E-state index contributed by atoms with van der Waals surface area (Å²) in [6.45, 7) is 0. The molecule has 0 aromatic heterocycles. The predicted octanol–water partition coefficient (Wildman–Crippen LogP) is 11.2. The van der Waals surface area contributed by atoms with E-state index in [1.54, 1.807) is 0 Å². The first-order valence-corrected chi connectivity index (χ1v) is 15.5. The summed E-state index contributed by atoms with van der Waals surface area (Å²) >= 11 is 0. The van der Waals surface area contributed by atoms with Gasteiger partial charge in [-0.3, -0.25) is 0 Å². The molecule has 0 spiro atoms. The van der Waals surface area contributed by atoms with Crippen LogP contribution in [0.2, 0.25) is 0 Å². The molecule has 6 aromatic rings. The summed E-state index contributed by atoms with van der Waals surface area (Å²) in [5.74, 6) is 0. The Labute approximate surface area is 259 Å². The molecule has 8 rings (SSSR count). The Balaban J connectivity index is 1.25. The molecule has 44 heavy (non-hydrogen) atoms.